The van der Waals surface area contributed by atoms with Crippen LogP contribution in [0.4, 0.5) is 4.79 Å². The van der Waals surface area contributed by atoms with E-state index in [-0.39, 0.29) is 5.54 Å². The number of amides is 2. The number of rotatable bonds is 2. The molecule has 3 fully saturated rings. The number of carbonyl (C=O) groups excluding carboxylic acids is 1. The van der Waals surface area contributed by atoms with Crippen LogP contribution in [-0.4, -0.2) is 53.1 Å². The van der Waals surface area contributed by atoms with Crippen molar-refractivity contribution in [3.8, 4) is 0 Å². The quantitative estimate of drug-likeness (QED) is 0.843. The average molecular weight is 279 g/mol. The summed E-state index contributed by atoms with van der Waals surface area (Å²) in [7, 11) is 0. The van der Waals surface area contributed by atoms with Crippen molar-refractivity contribution in [3.63, 3.8) is 0 Å². The number of hydrogen-bond acceptors (Lipinski definition) is 2. The summed E-state index contributed by atoms with van der Waals surface area (Å²) in [6, 6.07) is 1.21. The minimum atomic E-state index is 0.0437. The Morgan fingerprint density at radius 2 is 2.05 bits per heavy atom. The predicted octanol–water partition coefficient (Wildman–Crippen LogP) is 2.59. The highest BCUT2D eigenvalue weighted by Gasteiger charge is 2.49. The molecule has 2 saturated heterocycles. The highest BCUT2D eigenvalue weighted by molar-refractivity contribution is 5.77. The largest absolute Gasteiger partial charge is 0.322 e. The van der Waals surface area contributed by atoms with Crippen LogP contribution in [0.15, 0.2) is 0 Å². The molecule has 2 unspecified atom stereocenters. The summed E-state index contributed by atoms with van der Waals surface area (Å²) in [6.07, 6.45) is 8.64. The minimum absolute atomic E-state index is 0.0437. The van der Waals surface area contributed by atoms with Gasteiger partial charge in [0.25, 0.3) is 0 Å². The molecule has 1 saturated carbocycles. The number of hydrogen-bond donors (Lipinski definition) is 1. The highest BCUT2D eigenvalue weighted by Crippen LogP contribution is 2.37. The van der Waals surface area contributed by atoms with Gasteiger partial charge in [0, 0.05) is 31.7 Å². The first kappa shape index (κ1) is 14.2. The van der Waals surface area contributed by atoms with E-state index in [1.54, 1.807) is 0 Å². The molecule has 0 aromatic heterocycles. The van der Waals surface area contributed by atoms with Crippen LogP contribution in [0.25, 0.3) is 0 Å². The molecule has 3 aliphatic rings. The Morgan fingerprint density at radius 3 is 2.70 bits per heavy atom. The summed E-state index contributed by atoms with van der Waals surface area (Å²) in [5.41, 5.74) is 0.0437. The van der Waals surface area contributed by atoms with Crippen molar-refractivity contribution >= 4 is 6.03 Å². The smallest absolute Gasteiger partial charge is 0.321 e. The minimum Gasteiger partial charge on any atom is -0.322 e. The molecule has 1 N–H and O–H groups in total. The van der Waals surface area contributed by atoms with E-state index < -0.39 is 0 Å². The van der Waals surface area contributed by atoms with Crippen LogP contribution in [0.5, 0.6) is 0 Å². The van der Waals surface area contributed by atoms with Crippen molar-refractivity contribution in [2.75, 3.05) is 19.6 Å². The second-order valence-corrected chi connectivity index (χ2v) is 7.05. The summed E-state index contributed by atoms with van der Waals surface area (Å²) in [6.45, 7) is 7.18. The Labute approximate surface area is 122 Å². The molecule has 2 atom stereocenters. The van der Waals surface area contributed by atoms with Crippen LogP contribution in [0.2, 0.25) is 0 Å². The molecular weight excluding hydrogens is 250 g/mol. The lowest BCUT2D eigenvalue weighted by Gasteiger charge is -2.47. The van der Waals surface area contributed by atoms with Gasteiger partial charge in [-0.15, -0.1) is 0 Å². The fraction of sp³-hybridized carbons (Fsp3) is 0.938. The molecule has 2 aliphatic heterocycles. The molecule has 0 aromatic carbocycles. The standard InChI is InChI=1S/C16H29N3O/c1-3-18(13-7-5-4-6-8-13)15(20)19-14-9-10-16(19,2)12-17-11-14/h13-14,17H,3-12H2,1-2H3. The lowest BCUT2D eigenvalue weighted by atomic mass is 9.94. The van der Waals surface area contributed by atoms with Gasteiger partial charge in [0.05, 0.1) is 5.54 Å². The summed E-state index contributed by atoms with van der Waals surface area (Å²) in [5.74, 6) is 0. The van der Waals surface area contributed by atoms with Crippen LogP contribution in [0.1, 0.15) is 58.8 Å². The molecule has 2 heterocycles. The van der Waals surface area contributed by atoms with Gasteiger partial charge in [-0.05, 0) is 39.5 Å². The summed E-state index contributed by atoms with van der Waals surface area (Å²) in [4.78, 5) is 17.5. The van der Waals surface area contributed by atoms with E-state index >= 15 is 0 Å². The number of fused-ring (bicyclic) bond motifs is 2. The monoisotopic (exact) mass is 279 g/mol. The van der Waals surface area contributed by atoms with E-state index in [1.807, 2.05) is 0 Å². The van der Waals surface area contributed by atoms with Crippen LogP contribution in [0, 0.1) is 0 Å². The first-order valence-electron chi connectivity index (χ1n) is 8.46. The molecule has 2 bridgehead atoms. The fourth-order valence-corrected chi connectivity index (χ4v) is 4.51. The van der Waals surface area contributed by atoms with Gasteiger partial charge in [-0.2, -0.15) is 0 Å². The van der Waals surface area contributed by atoms with E-state index in [2.05, 4.69) is 29.0 Å². The van der Waals surface area contributed by atoms with E-state index in [0.717, 1.165) is 32.5 Å². The normalized spacial score (nSPS) is 34.3. The molecule has 0 aromatic rings. The summed E-state index contributed by atoms with van der Waals surface area (Å²) in [5, 5.41) is 3.50. The van der Waals surface area contributed by atoms with Crippen molar-refractivity contribution in [2.24, 2.45) is 0 Å². The van der Waals surface area contributed by atoms with Gasteiger partial charge in [-0.1, -0.05) is 19.3 Å². The van der Waals surface area contributed by atoms with Gasteiger partial charge in [-0.3, -0.25) is 0 Å². The molecule has 1 aliphatic carbocycles. The second kappa shape index (κ2) is 5.55. The first-order chi connectivity index (χ1) is 9.65. The summed E-state index contributed by atoms with van der Waals surface area (Å²) >= 11 is 0. The maximum Gasteiger partial charge on any atom is 0.321 e. The van der Waals surface area contributed by atoms with Crippen molar-refractivity contribution < 1.29 is 4.79 Å². The highest BCUT2D eigenvalue weighted by atomic mass is 16.2. The zero-order valence-electron chi connectivity index (χ0n) is 13.0. The molecular formula is C16H29N3O. The van der Waals surface area contributed by atoms with Crippen molar-refractivity contribution in [1.29, 1.82) is 0 Å². The molecule has 0 radical (unpaired) electrons. The molecule has 0 spiro atoms. The van der Waals surface area contributed by atoms with Gasteiger partial charge >= 0.3 is 6.03 Å². The third kappa shape index (κ3) is 2.32. The first-order valence-corrected chi connectivity index (χ1v) is 8.46. The lowest BCUT2D eigenvalue weighted by Crippen LogP contribution is -2.64. The van der Waals surface area contributed by atoms with E-state index in [9.17, 15) is 4.79 Å². The van der Waals surface area contributed by atoms with Crippen molar-refractivity contribution in [2.45, 2.75) is 76.4 Å². The van der Waals surface area contributed by atoms with Crippen molar-refractivity contribution in [1.82, 2.24) is 15.1 Å². The second-order valence-electron chi connectivity index (χ2n) is 7.05. The molecule has 114 valence electrons. The maximum absolute atomic E-state index is 13.1. The van der Waals surface area contributed by atoms with Gasteiger partial charge in [0.15, 0.2) is 0 Å². The van der Waals surface area contributed by atoms with Gasteiger partial charge in [-0.25, -0.2) is 4.79 Å². The van der Waals surface area contributed by atoms with Crippen molar-refractivity contribution in [3.05, 3.63) is 0 Å². The number of nitrogens with zero attached hydrogens (tertiary/aromatic N) is 2. The Hall–Kier alpha value is -0.770. The summed E-state index contributed by atoms with van der Waals surface area (Å²) < 4.78 is 0. The van der Waals surface area contributed by atoms with Gasteiger partial charge in [0.1, 0.15) is 0 Å². The van der Waals surface area contributed by atoms with Crippen LogP contribution in [0.3, 0.4) is 0 Å². The van der Waals surface area contributed by atoms with Gasteiger partial charge < -0.3 is 15.1 Å². The average Bonchev–Trinajstić information content (AvgIpc) is 2.66. The maximum atomic E-state index is 13.1. The van der Waals surface area contributed by atoms with Crippen LogP contribution >= 0.6 is 0 Å². The molecule has 3 rings (SSSR count). The third-order valence-electron chi connectivity index (χ3n) is 5.66. The zero-order valence-corrected chi connectivity index (χ0v) is 13.0. The molecule has 20 heavy (non-hydrogen) atoms. The molecule has 2 amide bonds. The predicted molar refractivity (Wildman–Crippen MR) is 80.8 cm³/mol. The Bertz CT molecular complexity index is 363. The third-order valence-corrected chi connectivity index (χ3v) is 5.66. The van der Waals surface area contributed by atoms with E-state index in [1.165, 1.54) is 32.1 Å². The number of nitrogens with one attached hydrogen (secondary N) is 1. The fourth-order valence-electron chi connectivity index (χ4n) is 4.51. The van der Waals surface area contributed by atoms with E-state index in [0.29, 0.717) is 18.1 Å². The lowest BCUT2D eigenvalue weighted by molar-refractivity contribution is 0.0639. The zero-order chi connectivity index (χ0) is 14.2. The number of piperazine rings is 1. The Balaban J connectivity index is 1.76. The Morgan fingerprint density at radius 1 is 1.30 bits per heavy atom. The van der Waals surface area contributed by atoms with Crippen LogP contribution in [-0.2, 0) is 0 Å². The number of urea groups is 1. The van der Waals surface area contributed by atoms with Gasteiger partial charge in [0.2, 0.25) is 0 Å². The number of carbonyl (C=O) groups is 1. The topological polar surface area (TPSA) is 35.6 Å². The molecule has 4 heteroatoms. The SMILES string of the molecule is CCN(C(=O)N1C2CCC1(C)CNC2)C1CCCCC1. The van der Waals surface area contributed by atoms with E-state index in [4.69, 9.17) is 0 Å². The Kier molecular flexibility index (Phi) is 3.93. The van der Waals surface area contributed by atoms with Crippen LogP contribution < -0.4 is 5.32 Å². The molecule has 4 nitrogen and oxygen atoms in total.